The van der Waals surface area contributed by atoms with Gasteiger partial charge in [-0.25, -0.2) is 0 Å². The Hall–Kier alpha value is -0.570. The van der Waals surface area contributed by atoms with Crippen molar-refractivity contribution in [2.24, 2.45) is 5.92 Å². The first-order valence-electron chi connectivity index (χ1n) is 7.70. The van der Waals surface area contributed by atoms with Crippen LogP contribution in [-0.4, -0.2) is 24.5 Å². The molecule has 3 heteroatoms. The second-order valence-corrected chi connectivity index (χ2v) is 5.64. The normalized spacial score (nSPS) is 25.7. The molecule has 3 nitrogen and oxygen atoms in total. The average molecular weight is 254 g/mol. The molecule has 106 valence electrons. The molecular weight excluding hydrogens is 224 g/mol. The number of rotatable bonds is 7. The first-order chi connectivity index (χ1) is 8.67. The van der Waals surface area contributed by atoms with Gasteiger partial charge in [-0.3, -0.25) is 4.79 Å². The zero-order valence-corrected chi connectivity index (χ0v) is 12.3. The van der Waals surface area contributed by atoms with Crippen LogP contribution in [0.15, 0.2) is 0 Å². The van der Waals surface area contributed by atoms with Crippen LogP contribution in [0.4, 0.5) is 0 Å². The van der Waals surface area contributed by atoms with Crippen molar-refractivity contribution >= 4 is 5.91 Å². The van der Waals surface area contributed by atoms with Gasteiger partial charge in [-0.15, -0.1) is 0 Å². The monoisotopic (exact) mass is 254 g/mol. The van der Waals surface area contributed by atoms with Crippen molar-refractivity contribution in [1.82, 2.24) is 10.6 Å². The maximum atomic E-state index is 11.7. The molecule has 1 fully saturated rings. The van der Waals surface area contributed by atoms with Crippen LogP contribution in [0.3, 0.4) is 0 Å². The summed E-state index contributed by atoms with van der Waals surface area (Å²) in [6.45, 7) is 7.25. The van der Waals surface area contributed by atoms with Gasteiger partial charge in [0.05, 0.1) is 0 Å². The molecule has 2 N–H and O–H groups in total. The van der Waals surface area contributed by atoms with Gasteiger partial charge >= 0.3 is 0 Å². The molecule has 0 saturated heterocycles. The summed E-state index contributed by atoms with van der Waals surface area (Å²) in [6.07, 6.45) is 8.23. The summed E-state index contributed by atoms with van der Waals surface area (Å²) in [6, 6.07) is 0.940. The molecular formula is C15H30N2O. The van der Waals surface area contributed by atoms with E-state index >= 15 is 0 Å². The summed E-state index contributed by atoms with van der Waals surface area (Å²) in [5, 5.41) is 6.60. The summed E-state index contributed by atoms with van der Waals surface area (Å²) in [5.74, 6) is 0.997. The number of amides is 1. The molecule has 0 bridgehead atoms. The Morgan fingerprint density at radius 1 is 1.28 bits per heavy atom. The van der Waals surface area contributed by atoms with Gasteiger partial charge in [0, 0.05) is 25.0 Å². The number of carbonyl (C=O) groups is 1. The van der Waals surface area contributed by atoms with E-state index in [0.29, 0.717) is 18.5 Å². The Balaban J connectivity index is 2.17. The SMILES string of the molecule is CCC(C)NC(=O)CCNC1CCCCC1CC. The van der Waals surface area contributed by atoms with E-state index in [0.717, 1.165) is 18.9 Å². The highest BCUT2D eigenvalue weighted by Crippen LogP contribution is 2.26. The third-order valence-corrected chi connectivity index (χ3v) is 4.21. The molecule has 18 heavy (non-hydrogen) atoms. The number of carbonyl (C=O) groups excluding carboxylic acids is 1. The van der Waals surface area contributed by atoms with Crippen LogP contribution in [0.5, 0.6) is 0 Å². The Kier molecular flexibility index (Phi) is 7.33. The van der Waals surface area contributed by atoms with Gasteiger partial charge in [-0.1, -0.05) is 33.1 Å². The van der Waals surface area contributed by atoms with Gasteiger partial charge in [0.1, 0.15) is 0 Å². The van der Waals surface area contributed by atoms with Crippen molar-refractivity contribution in [3.8, 4) is 0 Å². The third kappa shape index (κ3) is 5.38. The van der Waals surface area contributed by atoms with E-state index in [-0.39, 0.29) is 5.91 Å². The highest BCUT2D eigenvalue weighted by Gasteiger charge is 2.22. The molecule has 3 unspecified atom stereocenters. The molecule has 0 radical (unpaired) electrons. The molecule has 0 aromatic rings. The zero-order chi connectivity index (χ0) is 13.4. The standard InChI is InChI=1S/C15H30N2O/c1-4-12(3)17-15(18)10-11-16-14-9-7-6-8-13(14)5-2/h12-14,16H,4-11H2,1-3H3,(H,17,18). The Labute approximate surface area is 112 Å². The van der Waals surface area contributed by atoms with Crippen molar-refractivity contribution < 1.29 is 4.79 Å². The lowest BCUT2D eigenvalue weighted by molar-refractivity contribution is -0.121. The maximum Gasteiger partial charge on any atom is 0.221 e. The quantitative estimate of drug-likeness (QED) is 0.733. The molecule has 3 atom stereocenters. The van der Waals surface area contributed by atoms with Crippen LogP contribution in [0.1, 0.15) is 65.7 Å². The molecule has 0 aliphatic heterocycles. The fraction of sp³-hybridized carbons (Fsp3) is 0.933. The van der Waals surface area contributed by atoms with E-state index in [1.54, 1.807) is 0 Å². The van der Waals surface area contributed by atoms with Crippen LogP contribution >= 0.6 is 0 Å². The molecule has 1 amide bonds. The zero-order valence-electron chi connectivity index (χ0n) is 12.3. The molecule has 1 saturated carbocycles. The first-order valence-corrected chi connectivity index (χ1v) is 7.70. The van der Waals surface area contributed by atoms with Gasteiger partial charge in [0.2, 0.25) is 5.91 Å². The van der Waals surface area contributed by atoms with Crippen molar-refractivity contribution in [2.45, 2.75) is 77.8 Å². The van der Waals surface area contributed by atoms with Crippen LogP contribution < -0.4 is 10.6 Å². The fourth-order valence-corrected chi connectivity index (χ4v) is 2.79. The topological polar surface area (TPSA) is 41.1 Å². The fourth-order valence-electron chi connectivity index (χ4n) is 2.79. The summed E-state index contributed by atoms with van der Waals surface area (Å²) in [7, 11) is 0. The first kappa shape index (κ1) is 15.5. The smallest absolute Gasteiger partial charge is 0.221 e. The predicted molar refractivity (Wildman–Crippen MR) is 76.6 cm³/mol. The van der Waals surface area contributed by atoms with Gasteiger partial charge in [-0.05, 0) is 32.1 Å². The summed E-state index contributed by atoms with van der Waals surface area (Å²) in [4.78, 5) is 11.7. The van der Waals surface area contributed by atoms with Crippen molar-refractivity contribution in [3.63, 3.8) is 0 Å². The number of hydrogen-bond donors (Lipinski definition) is 2. The maximum absolute atomic E-state index is 11.7. The highest BCUT2D eigenvalue weighted by atomic mass is 16.1. The molecule has 1 aliphatic carbocycles. The van der Waals surface area contributed by atoms with Crippen LogP contribution in [-0.2, 0) is 4.79 Å². The minimum Gasteiger partial charge on any atom is -0.354 e. The predicted octanol–water partition coefficient (Wildman–Crippen LogP) is 2.85. The van der Waals surface area contributed by atoms with Crippen LogP contribution in [0.25, 0.3) is 0 Å². The molecule has 0 spiro atoms. The van der Waals surface area contributed by atoms with E-state index in [9.17, 15) is 4.79 Å². The van der Waals surface area contributed by atoms with Crippen LogP contribution in [0.2, 0.25) is 0 Å². The van der Waals surface area contributed by atoms with Crippen molar-refractivity contribution in [2.75, 3.05) is 6.54 Å². The molecule has 0 aromatic carbocycles. The van der Waals surface area contributed by atoms with Crippen molar-refractivity contribution in [3.05, 3.63) is 0 Å². The van der Waals surface area contributed by atoms with E-state index in [1.807, 2.05) is 0 Å². The van der Waals surface area contributed by atoms with Crippen molar-refractivity contribution in [1.29, 1.82) is 0 Å². The summed E-state index contributed by atoms with van der Waals surface area (Å²) in [5.41, 5.74) is 0. The lowest BCUT2D eigenvalue weighted by Crippen LogP contribution is -2.41. The Bertz CT molecular complexity index is 243. The largest absolute Gasteiger partial charge is 0.354 e. The third-order valence-electron chi connectivity index (χ3n) is 4.21. The number of nitrogens with one attached hydrogen (secondary N) is 2. The lowest BCUT2D eigenvalue weighted by Gasteiger charge is -2.31. The van der Waals surface area contributed by atoms with Gasteiger partial charge in [-0.2, -0.15) is 0 Å². The summed E-state index contributed by atoms with van der Waals surface area (Å²) >= 11 is 0. The van der Waals surface area contributed by atoms with E-state index in [4.69, 9.17) is 0 Å². The number of hydrogen-bond acceptors (Lipinski definition) is 2. The van der Waals surface area contributed by atoms with Crippen LogP contribution in [0, 0.1) is 5.92 Å². The highest BCUT2D eigenvalue weighted by molar-refractivity contribution is 5.76. The van der Waals surface area contributed by atoms with Gasteiger partial charge < -0.3 is 10.6 Å². The minimum atomic E-state index is 0.181. The van der Waals surface area contributed by atoms with E-state index < -0.39 is 0 Å². The minimum absolute atomic E-state index is 0.181. The van der Waals surface area contributed by atoms with E-state index in [2.05, 4.69) is 31.4 Å². The van der Waals surface area contributed by atoms with Gasteiger partial charge in [0.25, 0.3) is 0 Å². The lowest BCUT2D eigenvalue weighted by atomic mass is 9.83. The second-order valence-electron chi connectivity index (χ2n) is 5.64. The molecule has 1 rings (SSSR count). The molecule has 0 aromatic heterocycles. The Morgan fingerprint density at radius 3 is 2.67 bits per heavy atom. The van der Waals surface area contributed by atoms with E-state index in [1.165, 1.54) is 32.1 Å². The average Bonchev–Trinajstić information content (AvgIpc) is 2.39. The Morgan fingerprint density at radius 2 is 2.00 bits per heavy atom. The second kappa shape index (κ2) is 8.52. The summed E-state index contributed by atoms with van der Waals surface area (Å²) < 4.78 is 0. The molecule has 0 heterocycles. The van der Waals surface area contributed by atoms with Gasteiger partial charge in [0.15, 0.2) is 0 Å². The molecule has 1 aliphatic rings.